The van der Waals surface area contributed by atoms with Crippen LogP contribution in [0.1, 0.15) is 28.8 Å². The normalized spacial score (nSPS) is 19.8. The van der Waals surface area contributed by atoms with Gasteiger partial charge in [0.05, 0.1) is 5.69 Å². The van der Waals surface area contributed by atoms with Gasteiger partial charge in [-0.1, -0.05) is 12.1 Å². The Hall–Kier alpha value is -3.09. The maximum atomic E-state index is 13.3. The second-order valence-corrected chi connectivity index (χ2v) is 6.12. The van der Waals surface area contributed by atoms with Crippen LogP contribution in [-0.4, -0.2) is 33.6 Å². The van der Waals surface area contributed by atoms with Gasteiger partial charge in [0.25, 0.3) is 5.91 Å². The summed E-state index contributed by atoms with van der Waals surface area (Å²) >= 11 is 0. The van der Waals surface area contributed by atoms with Crippen molar-refractivity contribution in [3.05, 3.63) is 53.5 Å². The SMILES string of the molecule is O=C1CCC(N2Cc3cc(-c4cccc(F)n4)ccc3C2=O)C(=O)N1. The first kappa shape index (κ1) is 15.4. The third kappa shape index (κ3) is 2.67. The molecule has 2 aliphatic rings. The molecule has 1 fully saturated rings. The van der Waals surface area contributed by atoms with Crippen LogP contribution in [0.5, 0.6) is 0 Å². The number of amides is 3. The van der Waals surface area contributed by atoms with Gasteiger partial charge in [-0.15, -0.1) is 0 Å². The summed E-state index contributed by atoms with van der Waals surface area (Å²) in [6.07, 6.45) is 0.539. The van der Waals surface area contributed by atoms with Gasteiger partial charge in [0.2, 0.25) is 17.8 Å². The quantitative estimate of drug-likeness (QED) is 0.666. The van der Waals surface area contributed by atoms with Gasteiger partial charge in [0.15, 0.2) is 0 Å². The van der Waals surface area contributed by atoms with E-state index in [-0.39, 0.29) is 24.8 Å². The zero-order chi connectivity index (χ0) is 17.6. The van der Waals surface area contributed by atoms with Crippen LogP contribution >= 0.6 is 0 Å². The van der Waals surface area contributed by atoms with Gasteiger partial charge in [-0.25, -0.2) is 4.98 Å². The van der Waals surface area contributed by atoms with Crippen LogP contribution in [0.4, 0.5) is 4.39 Å². The van der Waals surface area contributed by atoms with Gasteiger partial charge in [-0.3, -0.25) is 19.7 Å². The minimum atomic E-state index is -0.645. The van der Waals surface area contributed by atoms with Gasteiger partial charge < -0.3 is 4.90 Å². The summed E-state index contributed by atoms with van der Waals surface area (Å²) in [6, 6.07) is 9.07. The van der Waals surface area contributed by atoms with Gasteiger partial charge in [-0.2, -0.15) is 4.39 Å². The summed E-state index contributed by atoms with van der Waals surface area (Å²) in [5.74, 6) is -1.56. The third-order valence-corrected chi connectivity index (χ3v) is 4.53. The highest BCUT2D eigenvalue weighted by Crippen LogP contribution is 2.30. The van der Waals surface area contributed by atoms with E-state index >= 15 is 0 Å². The number of pyridine rings is 1. The second kappa shape index (κ2) is 5.77. The van der Waals surface area contributed by atoms with Crippen molar-refractivity contribution in [2.24, 2.45) is 0 Å². The minimum absolute atomic E-state index is 0.217. The number of halogens is 1. The average Bonchev–Trinajstić information content (AvgIpc) is 2.91. The number of benzene rings is 1. The van der Waals surface area contributed by atoms with E-state index in [1.54, 1.807) is 30.3 Å². The maximum Gasteiger partial charge on any atom is 0.255 e. The monoisotopic (exact) mass is 339 g/mol. The van der Waals surface area contributed by atoms with Crippen molar-refractivity contribution in [3.63, 3.8) is 0 Å². The molecule has 4 rings (SSSR count). The molecule has 1 atom stereocenters. The highest BCUT2D eigenvalue weighted by molar-refractivity contribution is 6.05. The molecule has 7 heteroatoms. The third-order valence-electron chi connectivity index (χ3n) is 4.53. The molecule has 1 aromatic heterocycles. The van der Waals surface area contributed by atoms with E-state index in [1.165, 1.54) is 11.0 Å². The van der Waals surface area contributed by atoms with Crippen LogP contribution in [-0.2, 0) is 16.1 Å². The number of piperidine rings is 1. The first-order chi connectivity index (χ1) is 12.0. The summed E-state index contributed by atoms with van der Waals surface area (Å²) in [5, 5.41) is 2.27. The van der Waals surface area contributed by atoms with E-state index in [1.807, 2.05) is 0 Å². The summed E-state index contributed by atoms with van der Waals surface area (Å²) in [6.45, 7) is 0.281. The Kier molecular flexibility index (Phi) is 3.56. The molecule has 3 amide bonds. The van der Waals surface area contributed by atoms with Crippen LogP contribution in [0, 0.1) is 5.95 Å². The highest BCUT2D eigenvalue weighted by atomic mass is 19.1. The number of hydrogen-bond acceptors (Lipinski definition) is 4. The molecule has 1 aromatic carbocycles. The predicted octanol–water partition coefficient (Wildman–Crippen LogP) is 1.65. The molecule has 0 radical (unpaired) electrons. The molecule has 0 spiro atoms. The van der Waals surface area contributed by atoms with Crippen LogP contribution in [0.15, 0.2) is 36.4 Å². The molecule has 6 nitrogen and oxygen atoms in total. The van der Waals surface area contributed by atoms with E-state index in [4.69, 9.17) is 0 Å². The van der Waals surface area contributed by atoms with Crippen molar-refractivity contribution in [2.75, 3.05) is 0 Å². The Morgan fingerprint density at radius 1 is 1.16 bits per heavy atom. The van der Waals surface area contributed by atoms with Crippen LogP contribution < -0.4 is 5.32 Å². The highest BCUT2D eigenvalue weighted by Gasteiger charge is 2.39. The van der Waals surface area contributed by atoms with E-state index in [9.17, 15) is 18.8 Å². The van der Waals surface area contributed by atoms with Crippen LogP contribution in [0.3, 0.4) is 0 Å². The zero-order valence-electron chi connectivity index (χ0n) is 13.2. The molecule has 3 heterocycles. The number of imide groups is 1. The molecule has 1 saturated heterocycles. The summed E-state index contributed by atoms with van der Waals surface area (Å²) < 4.78 is 13.3. The molecule has 2 aliphatic heterocycles. The first-order valence-corrected chi connectivity index (χ1v) is 7.93. The number of nitrogens with zero attached hydrogens (tertiary/aromatic N) is 2. The summed E-state index contributed by atoms with van der Waals surface area (Å²) in [5.41, 5.74) is 2.47. The maximum absolute atomic E-state index is 13.3. The Bertz CT molecular complexity index is 912. The van der Waals surface area contributed by atoms with E-state index < -0.39 is 17.9 Å². The van der Waals surface area contributed by atoms with E-state index in [2.05, 4.69) is 10.3 Å². The topological polar surface area (TPSA) is 79.4 Å². The number of fused-ring (bicyclic) bond motifs is 1. The molecule has 25 heavy (non-hydrogen) atoms. The molecule has 0 aliphatic carbocycles. The molecule has 1 N–H and O–H groups in total. The number of aromatic nitrogens is 1. The standard InChI is InChI=1S/C18H14FN3O3/c19-15-3-1-2-13(20-15)10-4-5-12-11(8-10)9-22(18(12)25)14-6-7-16(23)21-17(14)24/h1-5,8,14H,6-7,9H2,(H,21,23,24). The fourth-order valence-corrected chi connectivity index (χ4v) is 3.30. The Morgan fingerprint density at radius 3 is 2.76 bits per heavy atom. The molecular weight excluding hydrogens is 325 g/mol. The smallest absolute Gasteiger partial charge is 0.255 e. The fourth-order valence-electron chi connectivity index (χ4n) is 3.30. The lowest BCUT2D eigenvalue weighted by molar-refractivity contribution is -0.136. The molecular formula is C18H14FN3O3. The predicted molar refractivity (Wildman–Crippen MR) is 85.7 cm³/mol. The van der Waals surface area contributed by atoms with Crippen molar-refractivity contribution in [3.8, 4) is 11.3 Å². The molecule has 2 aromatic rings. The first-order valence-electron chi connectivity index (χ1n) is 7.93. The molecule has 0 bridgehead atoms. The average molecular weight is 339 g/mol. The molecule has 1 unspecified atom stereocenters. The lowest BCUT2D eigenvalue weighted by Crippen LogP contribution is -2.52. The van der Waals surface area contributed by atoms with Crippen molar-refractivity contribution in [1.82, 2.24) is 15.2 Å². The number of rotatable bonds is 2. The molecule has 0 saturated carbocycles. The Morgan fingerprint density at radius 2 is 2.00 bits per heavy atom. The summed E-state index contributed by atoms with van der Waals surface area (Å²) in [7, 11) is 0. The second-order valence-electron chi connectivity index (χ2n) is 6.12. The van der Waals surface area contributed by atoms with E-state index in [0.29, 0.717) is 23.2 Å². The fraction of sp³-hybridized carbons (Fsp3) is 0.222. The van der Waals surface area contributed by atoms with Crippen molar-refractivity contribution in [1.29, 1.82) is 0 Å². The Labute approximate surface area is 142 Å². The lowest BCUT2D eigenvalue weighted by Gasteiger charge is -2.29. The van der Waals surface area contributed by atoms with Gasteiger partial charge >= 0.3 is 0 Å². The lowest BCUT2D eigenvalue weighted by atomic mass is 10.0. The van der Waals surface area contributed by atoms with Gasteiger partial charge in [0, 0.05) is 24.1 Å². The number of nitrogens with one attached hydrogen (secondary N) is 1. The minimum Gasteiger partial charge on any atom is -0.322 e. The number of hydrogen-bond donors (Lipinski definition) is 1. The van der Waals surface area contributed by atoms with Gasteiger partial charge in [-0.05, 0) is 36.2 Å². The van der Waals surface area contributed by atoms with Crippen LogP contribution in [0.2, 0.25) is 0 Å². The Balaban J connectivity index is 1.63. The van der Waals surface area contributed by atoms with Gasteiger partial charge in [0.1, 0.15) is 6.04 Å². The van der Waals surface area contributed by atoms with Crippen molar-refractivity contribution < 1.29 is 18.8 Å². The van der Waals surface area contributed by atoms with Crippen molar-refractivity contribution >= 4 is 17.7 Å². The summed E-state index contributed by atoms with van der Waals surface area (Å²) in [4.78, 5) is 41.3. The number of carbonyl (C=O) groups excluding carboxylic acids is 3. The molecule has 126 valence electrons. The van der Waals surface area contributed by atoms with E-state index in [0.717, 1.165) is 5.56 Å². The van der Waals surface area contributed by atoms with Crippen LogP contribution in [0.25, 0.3) is 11.3 Å². The van der Waals surface area contributed by atoms with Crippen molar-refractivity contribution in [2.45, 2.75) is 25.4 Å². The zero-order valence-corrected chi connectivity index (χ0v) is 13.2. The largest absolute Gasteiger partial charge is 0.322 e. The number of carbonyl (C=O) groups is 3.